The highest BCUT2D eigenvalue weighted by molar-refractivity contribution is 6.02. The van der Waals surface area contributed by atoms with Crippen LogP contribution in [0.3, 0.4) is 0 Å². The maximum atomic E-state index is 15.1. The molecule has 1 amide bonds. The van der Waals surface area contributed by atoms with Crippen molar-refractivity contribution in [3.05, 3.63) is 72.3 Å². The average Bonchev–Trinajstić information content (AvgIpc) is 3.87. The second-order valence-corrected chi connectivity index (χ2v) is 12.6. The van der Waals surface area contributed by atoms with E-state index in [2.05, 4.69) is 37.0 Å². The maximum Gasteiger partial charge on any atom is 0.419 e. The van der Waals surface area contributed by atoms with E-state index in [-0.39, 0.29) is 30.3 Å². The number of hydrogen-bond acceptors (Lipinski definition) is 10. The van der Waals surface area contributed by atoms with Crippen molar-refractivity contribution in [1.82, 2.24) is 14.9 Å². The Kier molecular flexibility index (Phi) is 9.07. The number of likely N-dealkylation sites (tertiary alicyclic amines) is 1. The lowest BCUT2D eigenvalue weighted by Gasteiger charge is -2.41. The van der Waals surface area contributed by atoms with Gasteiger partial charge >= 0.3 is 6.18 Å². The first-order valence-corrected chi connectivity index (χ1v) is 16.3. The Labute approximate surface area is 280 Å². The number of carbonyl (C=O) groups excluding carboxylic acids is 1. The van der Waals surface area contributed by atoms with E-state index in [9.17, 15) is 18.0 Å². The first-order chi connectivity index (χ1) is 23.6. The molecule has 1 unspecified atom stereocenters. The lowest BCUT2D eigenvalue weighted by atomic mass is 10.0. The Morgan fingerprint density at radius 3 is 2.61 bits per heavy atom. The zero-order chi connectivity index (χ0) is 34.3. The van der Waals surface area contributed by atoms with Gasteiger partial charge in [0.25, 0.3) is 0 Å². The number of halogens is 4. The number of amides is 1. The highest BCUT2D eigenvalue weighted by atomic mass is 19.4. The van der Waals surface area contributed by atoms with Crippen molar-refractivity contribution in [2.75, 3.05) is 60.6 Å². The summed E-state index contributed by atoms with van der Waals surface area (Å²) in [4.78, 5) is 31.7. The lowest BCUT2D eigenvalue weighted by molar-refractivity contribution is -0.140. The monoisotopic (exact) mass is 683 g/mol. The molecule has 260 valence electrons. The minimum atomic E-state index is -4.84. The summed E-state index contributed by atoms with van der Waals surface area (Å²) in [5, 5.41) is 7.43. The number of methoxy groups -OCH3 is 1. The molecule has 1 aromatic heterocycles. The molecular weight excluding hydrogens is 646 g/mol. The lowest BCUT2D eigenvalue weighted by Crippen LogP contribution is -2.49. The molecule has 4 fully saturated rings. The fourth-order valence-corrected chi connectivity index (χ4v) is 7.37. The smallest absolute Gasteiger partial charge is 0.419 e. The van der Waals surface area contributed by atoms with Crippen LogP contribution < -0.4 is 25.3 Å². The van der Waals surface area contributed by atoms with Crippen LogP contribution in [0, 0.1) is 5.82 Å². The number of nitrogens with one attached hydrogen (secondary N) is 2. The number of aromatic nitrogens is 2. The molecule has 4 aliphatic heterocycles. The largest absolute Gasteiger partial charge is 0.494 e. The van der Waals surface area contributed by atoms with Gasteiger partial charge in [0, 0.05) is 55.8 Å². The number of hydrogen-bond donors (Lipinski definition) is 2. The number of nitrogens with zero attached hydrogens (tertiary/aromatic N) is 5. The maximum absolute atomic E-state index is 15.1. The van der Waals surface area contributed by atoms with Gasteiger partial charge in [-0.1, -0.05) is 18.7 Å². The molecule has 2 N–H and O–H groups in total. The number of alkyl halides is 3. The third-order valence-electron chi connectivity index (χ3n) is 9.72. The summed E-state index contributed by atoms with van der Waals surface area (Å²) >= 11 is 0. The van der Waals surface area contributed by atoms with Crippen molar-refractivity contribution in [3.63, 3.8) is 0 Å². The van der Waals surface area contributed by atoms with Gasteiger partial charge in [-0.25, -0.2) is 19.4 Å². The van der Waals surface area contributed by atoms with Crippen molar-refractivity contribution < 1.29 is 36.7 Å². The topological polar surface area (TPSA) is 104 Å². The Hall–Kier alpha value is -4.47. The summed E-state index contributed by atoms with van der Waals surface area (Å²) in [5.41, 5.74) is 0.362. The van der Waals surface area contributed by atoms with Crippen molar-refractivity contribution in [2.24, 2.45) is 0 Å². The summed E-state index contributed by atoms with van der Waals surface area (Å²) in [6, 6.07) is 8.51. The summed E-state index contributed by atoms with van der Waals surface area (Å²) in [7, 11) is 1.54. The van der Waals surface area contributed by atoms with Gasteiger partial charge in [0.1, 0.15) is 23.7 Å². The predicted octanol–water partition coefficient (Wildman–Crippen LogP) is 5.84. The van der Waals surface area contributed by atoms with Crippen LogP contribution in [0.25, 0.3) is 0 Å². The molecule has 11 nitrogen and oxygen atoms in total. The van der Waals surface area contributed by atoms with E-state index < -0.39 is 23.6 Å². The van der Waals surface area contributed by atoms with E-state index in [0.717, 1.165) is 51.2 Å². The van der Waals surface area contributed by atoms with Gasteiger partial charge in [-0.05, 0) is 37.5 Å². The molecule has 2 aromatic carbocycles. The second kappa shape index (κ2) is 13.4. The van der Waals surface area contributed by atoms with Crippen molar-refractivity contribution >= 4 is 34.6 Å². The number of piperidine rings is 1. The van der Waals surface area contributed by atoms with E-state index in [1.165, 1.54) is 29.6 Å². The molecule has 3 atom stereocenters. The number of fused-ring (bicyclic) bond motifs is 2. The van der Waals surface area contributed by atoms with Gasteiger partial charge in [0.15, 0.2) is 5.82 Å². The number of hydroxylamine groups is 1. The summed E-state index contributed by atoms with van der Waals surface area (Å²) < 4.78 is 67.0. The molecule has 0 saturated carbocycles. The van der Waals surface area contributed by atoms with Gasteiger partial charge in [0.05, 0.1) is 55.1 Å². The Balaban J connectivity index is 1.12. The van der Waals surface area contributed by atoms with Crippen LogP contribution in [-0.2, 0) is 20.5 Å². The molecule has 2 bridgehead atoms. The highest BCUT2D eigenvalue weighted by Gasteiger charge is 2.43. The van der Waals surface area contributed by atoms with Crippen LogP contribution in [-0.4, -0.2) is 78.9 Å². The fourth-order valence-electron chi connectivity index (χ4n) is 7.37. The minimum absolute atomic E-state index is 0.147. The Bertz CT molecular complexity index is 1720. The molecule has 49 heavy (non-hydrogen) atoms. The van der Waals surface area contributed by atoms with E-state index in [1.807, 2.05) is 6.07 Å². The molecule has 5 heterocycles. The van der Waals surface area contributed by atoms with E-state index in [1.54, 1.807) is 19.2 Å². The van der Waals surface area contributed by atoms with Crippen LogP contribution in [0.2, 0.25) is 0 Å². The minimum Gasteiger partial charge on any atom is -0.494 e. The molecule has 15 heteroatoms. The number of anilines is 5. The molecule has 7 rings (SSSR count). The first-order valence-electron chi connectivity index (χ1n) is 16.3. The third kappa shape index (κ3) is 6.62. The SMILES string of the molecule is C=CC(=O)Nc1cc(Nc2cc(N3OCCC3c3cccc(C(F)(F)F)c3F)ncn2)c(OC)cc1N1CCC(N2C[C@H]3C[C@@H]2CO3)CC1. The van der Waals surface area contributed by atoms with Crippen molar-refractivity contribution in [2.45, 2.75) is 56.1 Å². The van der Waals surface area contributed by atoms with Gasteiger partial charge < -0.3 is 25.0 Å². The molecule has 0 radical (unpaired) electrons. The summed E-state index contributed by atoms with van der Waals surface area (Å²) in [5.74, 6) is -0.703. The standard InChI is InChI=1S/C34H37F4N7O4/c1-3-32(46)42-25-14-26(29(47-2)15-28(25)43-10-7-20(8-11-43)44-17-22-13-21(44)18-48-22)41-30-16-31(40-19-39-30)45-27(9-12-49-45)23-5-4-6-24(33(23)35)34(36,37)38/h3-6,14-16,19-22,27H,1,7-13,17-18H2,2H3,(H,42,46)(H,39,40,41)/t21-,22-,27?/m1/s1. The quantitative estimate of drug-likeness (QED) is 0.211. The Morgan fingerprint density at radius 2 is 1.92 bits per heavy atom. The molecule has 4 aliphatic rings. The summed E-state index contributed by atoms with van der Waals surface area (Å²) in [6.45, 7) is 7.14. The number of morpholine rings is 1. The van der Waals surface area contributed by atoms with Gasteiger partial charge in [-0.2, -0.15) is 13.2 Å². The van der Waals surface area contributed by atoms with E-state index >= 15 is 4.39 Å². The highest BCUT2D eigenvalue weighted by Crippen LogP contribution is 2.42. The number of carbonyl (C=O) groups is 1. The van der Waals surface area contributed by atoms with Crippen LogP contribution in [0.4, 0.5) is 46.3 Å². The first kappa shape index (κ1) is 33.0. The van der Waals surface area contributed by atoms with E-state index in [4.69, 9.17) is 14.3 Å². The van der Waals surface area contributed by atoms with E-state index in [0.29, 0.717) is 47.2 Å². The molecular formula is C34H37F4N7O4. The fraction of sp³-hybridized carbons (Fsp3) is 0.441. The van der Waals surface area contributed by atoms with Crippen LogP contribution in [0.1, 0.15) is 42.9 Å². The average molecular weight is 684 g/mol. The zero-order valence-electron chi connectivity index (χ0n) is 26.9. The Morgan fingerprint density at radius 1 is 1.10 bits per heavy atom. The van der Waals surface area contributed by atoms with Crippen LogP contribution in [0.5, 0.6) is 5.75 Å². The predicted molar refractivity (Wildman–Crippen MR) is 174 cm³/mol. The molecule has 4 saturated heterocycles. The second-order valence-electron chi connectivity index (χ2n) is 12.6. The number of rotatable bonds is 9. The molecule has 3 aromatic rings. The summed E-state index contributed by atoms with van der Waals surface area (Å²) in [6.07, 6.45) is 1.30. The third-order valence-corrected chi connectivity index (χ3v) is 9.72. The van der Waals surface area contributed by atoms with Crippen molar-refractivity contribution in [1.29, 1.82) is 0 Å². The van der Waals surface area contributed by atoms with Crippen molar-refractivity contribution in [3.8, 4) is 5.75 Å². The van der Waals surface area contributed by atoms with Crippen LogP contribution >= 0.6 is 0 Å². The zero-order valence-corrected chi connectivity index (χ0v) is 26.9. The molecule has 0 spiro atoms. The normalized spacial score (nSPS) is 22.8. The van der Waals surface area contributed by atoms with Gasteiger partial charge in [-0.3, -0.25) is 14.5 Å². The van der Waals surface area contributed by atoms with Gasteiger partial charge in [0.2, 0.25) is 5.91 Å². The number of benzene rings is 2. The van der Waals surface area contributed by atoms with Crippen LogP contribution in [0.15, 0.2) is 55.4 Å². The molecule has 0 aliphatic carbocycles. The number of ether oxygens (including phenoxy) is 2. The van der Waals surface area contributed by atoms with Gasteiger partial charge in [-0.15, -0.1) is 0 Å².